The molecule has 1 aliphatic heterocycles. The minimum absolute atomic E-state index is 0. The Hall–Kier alpha value is -0.670. The predicted octanol–water partition coefficient (Wildman–Crippen LogP) is 4.67. The van der Waals surface area contributed by atoms with Crippen LogP contribution in [-0.2, 0) is 23.9 Å². The number of hydrogen-bond acceptors (Lipinski definition) is 3. The molecule has 3 rings (SSSR count). The van der Waals surface area contributed by atoms with Crippen LogP contribution in [0.5, 0.6) is 0 Å². The van der Waals surface area contributed by atoms with Gasteiger partial charge in [0.2, 0.25) is 0 Å². The van der Waals surface area contributed by atoms with Crippen molar-refractivity contribution in [2.45, 2.75) is 83.7 Å². The van der Waals surface area contributed by atoms with Crippen LogP contribution >= 0.6 is 24.0 Å². The molecule has 182 valence electrons. The van der Waals surface area contributed by atoms with Crippen molar-refractivity contribution >= 4 is 40.7 Å². The Balaban J connectivity index is 0.00000363. The molecule has 32 heavy (non-hydrogen) atoms. The molecule has 2 aliphatic rings. The van der Waals surface area contributed by atoms with Gasteiger partial charge < -0.3 is 10.6 Å². The lowest BCUT2D eigenvalue weighted by Gasteiger charge is -2.31. The molecule has 7 heteroatoms. The highest BCUT2D eigenvalue weighted by Gasteiger charge is 2.26. The Bertz CT molecular complexity index is 744. The Morgan fingerprint density at radius 2 is 1.94 bits per heavy atom. The molecule has 0 bridgehead atoms. The fourth-order valence-corrected chi connectivity index (χ4v) is 6.31. The van der Waals surface area contributed by atoms with Gasteiger partial charge in [-0.15, -0.1) is 24.0 Å². The molecule has 0 radical (unpaired) electrons. The summed E-state index contributed by atoms with van der Waals surface area (Å²) in [6.07, 6.45) is 7.01. The summed E-state index contributed by atoms with van der Waals surface area (Å²) < 4.78 is 12.3. The predicted molar refractivity (Wildman–Crippen MR) is 148 cm³/mol. The maximum absolute atomic E-state index is 12.3. The minimum Gasteiger partial charge on any atom is -0.357 e. The summed E-state index contributed by atoms with van der Waals surface area (Å²) >= 11 is 0. The van der Waals surface area contributed by atoms with Crippen molar-refractivity contribution in [3.8, 4) is 0 Å². The van der Waals surface area contributed by atoms with Crippen molar-refractivity contribution in [3.05, 3.63) is 35.4 Å². The summed E-state index contributed by atoms with van der Waals surface area (Å²) in [5, 5.41) is 7.38. The highest BCUT2D eigenvalue weighted by molar-refractivity contribution is 14.0. The van der Waals surface area contributed by atoms with Crippen molar-refractivity contribution in [2.75, 3.05) is 25.4 Å². The minimum atomic E-state index is -0.701. The Labute approximate surface area is 215 Å². The van der Waals surface area contributed by atoms with E-state index in [-0.39, 0.29) is 24.0 Å². The molecule has 4 unspecified atom stereocenters. The second-order valence-electron chi connectivity index (χ2n) is 9.25. The van der Waals surface area contributed by atoms with Crippen molar-refractivity contribution < 1.29 is 4.21 Å². The van der Waals surface area contributed by atoms with Gasteiger partial charge in [-0.25, -0.2) is 4.99 Å². The van der Waals surface area contributed by atoms with E-state index in [1.165, 1.54) is 37.1 Å². The van der Waals surface area contributed by atoms with Gasteiger partial charge in [0, 0.05) is 47.5 Å². The van der Waals surface area contributed by atoms with E-state index in [9.17, 15) is 4.21 Å². The summed E-state index contributed by atoms with van der Waals surface area (Å²) in [5.41, 5.74) is 2.71. The van der Waals surface area contributed by atoms with Gasteiger partial charge in [-0.1, -0.05) is 44.5 Å². The standard InChI is InChI=1S/C25H42N4OS.HI/c1-4-26-25(28-23-13-8-14-24(16-23)31(30)5-2)27-17-21-11-6-7-12-22(21)19-29-15-9-10-20(3)18-29;/h6-7,11-12,20,23-24H,4-5,8-10,13-19H2,1-3H3,(H2,26,27,28);1H. The van der Waals surface area contributed by atoms with Crippen molar-refractivity contribution in [1.29, 1.82) is 0 Å². The molecule has 4 atom stereocenters. The molecule has 0 spiro atoms. The second kappa shape index (κ2) is 14.6. The lowest BCUT2D eigenvalue weighted by Crippen LogP contribution is -2.46. The summed E-state index contributed by atoms with van der Waals surface area (Å²) in [5.74, 6) is 2.44. The van der Waals surface area contributed by atoms with Crippen LogP contribution in [0.2, 0.25) is 0 Å². The molecule has 1 saturated carbocycles. The van der Waals surface area contributed by atoms with Crippen LogP contribution in [0.25, 0.3) is 0 Å². The van der Waals surface area contributed by atoms with Gasteiger partial charge in [0.1, 0.15) is 0 Å². The van der Waals surface area contributed by atoms with E-state index in [2.05, 4.69) is 53.6 Å². The average Bonchev–Trinajstić information content (AvgIpc) is 2.78. The van der Waals surface area contributed by atoms with E-state index in [4.69, 9.17) is 4.99 Å². The molecule has 1 saturated heterocycles. The van der Waals surface area contributed by atoms with Crippen LogP contribution in [0, 0.1) is 5.92 Å². The average molecular weight is 575 g/mol. The Morgan fingerprint density at radius 1 is 1.16 bits per heavy atom. The number of benzene rings is 1. The molecule has 1 aromatic carbocycles. The van der Waals surface area contributed by atoms with Gasteiger partial charge in [-0.05, 0) is 62.6 Å². The van der Waals surface area contributed by atoms with Crippen molar-refractivity contribution in [2.24, 2.45) is 10.9 Å². The van der Waals surface area contributed by atoms with Crippen LogP contribution < -0.4 is 10.6 Å². The number of guanidine groups is 1. The third-order valence-corrected chi connectivity index (χ3v) is 8.37. The molecular weight excluding hydrogens is 531 g/mol. The van der Waals surface area contributed by atoms with Crippen LogP contribution in [0.15, 0.2) is 29.3 Å². The van der Waals surface area contributed by atoms with E-state index < -0.39 is 10.8 Å². The number of aliphatic imine (C=N–C) groups is 1. The molecule has 1 aromatic rings. The summed E-state index contributed by atoms with van der Waals surface area (Å²) in [4.78, 5) is 7.53. The number of hydrogen-bond donors (Lipinski definition) is 2. The van der Waals surface area contributed by atoms with Crippen molar-refractivity contribution in [3.63, 3.8) is 0 Å². The van der Waals surface area contributed by atoms with Gasteiger partial charge in [0.05, 0.1) is 6.54 Å². The van der Waals surface area contributed by atoms with Crippen LogP contribution in [0.4, 0.5) is 0 Å². The first-order valence-electron chi connectivity index (χ1n) is 12.3. The van der Waals surface area contributed by atoms with E-state index in [1.54, 1.807) is 0 Å². The largest absolute Gasteiger partial charge is 0.357 e. The molecule has 5 nitrogen and oxygen atoms in total. The van der Waals surface area contributed by atoms with E-state index in [1.807, 2.05) is 6.92 Å². The number of rotatable bonds is 8. The quantitative estimate of drug-likeness (QED) is 0.269. The highest BCUT2D eigenvalue weighted by Crippen LogP contribution is 2.23. The van der Waals surface area contributed by atoms with Gasteiger partial charge >= 0.3 is 0 Å². The number of nitrogens with zero attached hydrogens (tertiary/aromatic N) is 2. The lowest BCUT2D eigenvalue weighted by atomic mass is 9.95. The molecular formula is C25H43IN4OS. The molecule has 1 aliphatic carbocycles. The zero-order chi connectivity index (χ0) is 22.1. The Morgan fingerprint density at radius 3 is 2.66 bits per heavy atom. The first kappa shape index (κ1) is 27.6. The molecule has 1 heterocycles. The molecule has 0 aromatic heterocycles. The van der Waals surface area contributed by atoms with Gasteiger partial charge in [0.15, 0.2) is 5.96 Å². The molecule has 2 fully saturated rings. The number of nitrogens with one attached hydrogen (secondary N) is 2. The number of likely N-dealkylation sites (tertiary alicyclic amines) is 1. The van der Waals surface area contributed by atoms with Gasteiger partial charge in [-0.2, -0.15) is 0 Å². The van der Waals surface area contributed by atoms with E-state index >= 15 is 0 Å². The smallest absolute Gasteiger partial charge is 0.191 e. The van der Waals surface area contributed by atoms with Crippen LogP contribution in [0.1, 0.15) is 70.4 Å². The maximum Gasteiger partial charge on any atom is 0.191 e. The highest BCUT2D eigenvalue weighted by atomic mass is 127. The normalized spacial score (nSPS) is 25.6. The Kier molecular flexibility index (Phi) is 12.5. The lowest BCUT2D eigenvalue weighted by molar-refractivity contribution is 0.176. The fourth-order valence-electron chi connectivity index (χ4n) is 4.97. The summed E-state index contributed by atoms with van der Waals surface area (Å²) in [6, 6.07) is 9.11. The molecule has 2 N–H and O–H groups in total. The third kappa shape index (κ3) is 8.60. The fraction of sp³-hybridized carbons (Fsp3) is 0.720. The number of halogens is 1. The summed E-state index contributed by atoms with van der Waals surface area (Å²) in [6.45, 7) is 11.5. The van der Waals surface area contributed by atoms with Crippen LogP contribution in [-0.4, -0.2) is 51.7 Å². The zero-order valence-electron chi connectivity index (χ0n) is 20.1. The van der Waals surface area contributed by atoms with Gasteiger partial charge in [0.25, 0.3) is 0 Å². The first-order chi connectivity index (χ1) is 15.1. The van der Waals surface area contributed by atoms with Crippen LogP contribution in [0.3, 0.4) is 0 Å². The van der Waals surface area contributed by atoms with E-state index in [0.29, 0.717) is 17.8 Å². The van der Waals surface area contributed by atoms with Gasteiger partial charge in [-0.3, -0.25) is 9.11 Å². The SMILES string of the molecule is CCNC(=NCc1ccccc1CN1CCCC(C)C1)NC1CCCC(S(=O)CC)C1.I. The maximum atomic E-state index is 12.3. The van der Waals surface area contributed by atoms with E-state index in [0.717, 1.165) is 56.4 Å². The van der Waals surface area contributed by atoms with Crippen molar-refractivity contribution in [1.82, 2.24) is 15.5 Å². The number of piperidine rings is 1. The monoisotopic (exact) mass is 574 g/mol. The first-order valence-corrected chi connectivity index (χ1v) is 13.7. The zero-order valence-corrected chi connectivity index (χ0v) is 23.3. The topological polar surface area (TPSA) is 56.7 Å². The third-order valence-electron chi connectivity index (χ3n) is 6.63. The summed E-state index contributed by atoms with van der Waals surface area (Å²) in [7, 11) is -0.701. The molecule has 0 amide bonds. The second-order valence-corrected chi connectivity index (χ2v) is 11.3.